The second-order valence-corrected chi connectivity index (χ2v) is 6.42. The number of halogens is 1. The molecule has 0 unspecified atom stereocenters. The molecule has 0 spiro atoms. The molecule has 2 N–H and O–H groups in total. The lowest BCUT2D eigenvalue weighted by Gasteiger charge is -2.25. The molecule has 1 amide bonds. The topological polar surface area (TPSA) is 67.2 Å². The van der Waals surface area contributed by atoms with Crippen molar-refractivity contribution in [3.05, 3.63) is 46.7 Å². The van der Waals surface area contributed by atoms with E-state index in [1.807, 2.05) is 25.1 Å². The number of aliphatic hydroxyl groups excluding tert-OH is 1. The van der Waals surface area contributed by atoms with Gasteiger partial charge in [-0.05, 0) is 50.8 Å². The van der Waals surface area contributed by atoms with Crippen molar-refractivity contribution in [2.45, 2.75) is 44.8 Å². The number of nitrogens with one attached hydrogen (secondary N) is 1. The zero-order chi connectivity index (χ0) is 16.4. The maximum atomic E-state index is 12.4. The lowest BCUT2D eigenvalue weighted by molar-refractivity contribution is 0.0863. The van der Waals surface area contributed by atoms with E-state index in [0.29, 0.717) is 10.7 Å². The smallest absolute Gasteiger partial charge is 0.272 e. The number of aryl methyl sites for hydroxylation is 1. The van der Waals surface area contributed by atoms with Crippen LogP contribution in [0.15, 0.2) is 30.3 Å². The van der Waals surface area contributed by atoms with Gasteiger partial charge in [-0.1, -0.05) is 23.7 Å². The fourth-order valence-electron chi connectivity index (χ4n) is 2.93. The SMILES string of the molecule is Cc1cc(C(=O)NC2CCC(O)CC2)nn1-c1ccccc1Cl. The van der Waals surface area contributed by atoms with Crippen molar-refractivity contribution in [3.63, 3.8) is 0 Å². The van der Waals surface area contributed by atoms with Crippen LogP contribution in [0.2, 0.25) is 5.02 Å². The minimum Gasteiger partial charge on any atom is -0.393 e. The van der Waals surface area contributed by atoms with Crippen LogP contribution in [0.1, 0.15) is 41.9 Å². The molecule has 122 valence electrons. The molecule has 0 atom stereocenters. The van der Waals surface area contributed by atoms with Crippen LogP contribution in [-0.4, -0.2) is 32.9 Å². The van der Waals surface area contributed by atoms with E-state index in [0.717, 1.165) is 37.1 Å². The predicted octanol–water partition coefficient (Wildman–Crippen LogP) is 2.87. The normalized spacial score (nSPS) is 21.2. The van der Waals surface area contributed by atoms with Crippen LogP contribution in [-0.2, 0) is 0 Å². The van der Waals surface area contributed by atoms with Crippen molar-refractivity contribution < 1.29 is 9.90 Å². The number of carbonyl (C=O) groups is 1. The van der Waals surface area contributed by atoms with Crippen LogP contribution in [0.25, 0.3) is 5.69 Å². The second-order valence-electron chi connectivity index (χ2n) is 6.01. The minimum absolute atomic E-state index is 0.108. The molecule has 1 aromatic carbocycles. The van der Waals surface area contributed by atoms with Gasteiger partial charge in [0, 0.05) is 11.7 Å². The number of hydrogen-bond acceptors (Lipinski definition) is 3. The molecule has 2 aromatic rings. The predicted molar refractivity (Wildman–Crippen MR) is 89.0 cm³/mol. The van der Waals surface area contributed by atoms with Crippen molar-refractivity contribution in [1.82, 2.24) is 15.1 Å². The van der Waals surface area contributed by atoms with Gasteiger partial charge in [-0.15, -0.1) is 0 Å². The van der Waals surface area contributed by atoms with E-state index >= 15 is 0 Å². The molecular weight excluding hydrogens is 314 g/mol. The van der Waals surface area contributed by atoms with Gasteiger partial charge in [0.25, 0.3) is 5.91 Å². The number of amides is 1. The second kappa shape index (κ2) is 6.72. The van der Waals surface area contributed by atoms with Gasteiger partial charge in [-0.3, -0.25) is 4.79 Å². The number of nitrogens with zero attached hydrogens (tertiary/aromatic N) is 2. The van der Waals surface area contributed by atoms with Gasteiger partial charge in [0.1, 0.15) is 0 Å². The monoisotopic (exact) mass is 333 g/mol. The quantitative estimate of drug-likeness (QED) is 0.907. The van der Waals surface area contributed by atoms with Gasteiger partial charge in [0.05, 0.1) is 16.8 Å². The standard InChI is InChI=1S/C17H20ClN3O2/c1-11-10-15(17(23)19-12-6-8-13(22)9-7-12)20-21(11)16-5-3-2-4-14(16)18/h2-5,10,12-13,22H,6-9H2,1H3,(H,19,23). The van der Waals surface area contributed by atoms with E-state index in [4.69, 9.17) is 11.6 Å². The Morgan fingerprint density at radius 3 is 2.70 bits per heavy atom. The van der Waals surface area contributed by atoms with E-state index in [1.165, 1.54) is 0 Å². The van der Waals surface area contributed by atoms with Gasteiger partial charge >= 0.3 is 0 Å². The first-order valence-corrected chi connectivity index (χ1v) is 8.23. The van der Waals surface area contributed by atoms with E-state index < -0.39 is 0 Å². The summed E-state index contributed by atoms with van der Waals surface area (Å²) in [7, 11) is 0. The summed E-state index contributed by atoms with van der Waals surface area (Å²) in [5.41, 5.74) is 1.99. The zero-order valence-electron chi connectivity index (χ0n) is 13.0. The molecule has 0 bridgehead atoms. The van der Waals surface area contributed by atoms with E-state index in [-0.39, 0.29) is 18.1 Å². The minimum atomic E-state index is -0.232. The number of hydrogen-bond donors (Lipinski definition) is 2. The van der Waals surface area contributed by atoms with Crippen LogP contribution in [0.3, 0.4) is 0 Å². The van der Waals surface area contributed by atoms with Gasteiger partial charge in [0.2, 0.25) is 0 Å². The number of para-hydroxylation sites is 1. The third-order valence-corrected chi connectivity index (χ3v) is 4.55. The lowest BCUT2D eigenvalue weighted by atomic mass is 9.93. The zero-order valence-corrected chi connectivity index (χ0v) is 13.8. The molecule has 6 heteroatoms. The molecule has 1 aliphatic rings. The van der Waals surface area contributed by atoms with Gasteiger partial charge < -0.3 is 10.4 Å². The Kier molecular flexibility index (Phi) is 4.68. The largest absolute Gasteiger partial charge is 0.393 e. The molecule has 0 radical (unpaired) electrons. The molecule has 5 nitrogen and oxygen atoms in total. The van der Waals surface area contributed by atoms with Gasteiger partial charge in [-0.2, -0.15) is 5.10 Å². The summed E-state index contributed by atoms with van der Waals surface area (Å²) >= 11 is 6.20. The molecule has 1 saturated carbocycles. The highest BCUT2D eigenvalue weighted by Crippen LogP contribution is 2.22. The summed E-state index contributed by atoms with van der Waals surface area (Å²) in [6.07, 6.45) is 2.84. The van der Waals surface area contributed by atoms with Crippen molar-refractivity contribution in [2.75, 3.05) is 0 Å². The van der Waals surface area contributed by atoms with Crippen LogP contribution >= 0.6 is 11.6 Å². The third kappa shape index (κ3) is 3.57. The van der Waals surface area contributed by atoms with Crippen molar-refractivity contribution in [3.8, 4) is 5.69 Å². The molecule has 3 rings (SSSR count). The Morgan fingerprint density at radius 2 is 2.00 bits per heavy atom. The average molecular weight is 334 g/mol. The summed E-state index contributed by atoms with van der Waals surface area (Å²) in [6, 6.07) is 9.27. The number of aromatic nitrogens is 2. The van der Waals surface area contributed by atoms with Crippen LogP contribution in [0, 0.1) is 6.92 Å². The van der Waals surface area contributed by atoms with Gasteiger partial charge in [-0.25, -0.2) is 4.68 Å². The van der Waals surface area contributed by atoms with Crippen molar-refractivity contribution in [2.24, 2.45) is 0 Å². The fourth-order valence-corrected chi connectivity index (χ4v) is 3.15. The number of benzene rings is 1. The Bertz CT molecular complexity index is 706. The maximum Gasteiger partial charge on any atom is 0.272 e. The Morgan fingerprint density at radius 1 is 1.30 bits per heavy atom. The first-order valence-electron chi connectivity index (χ1n) is 7.85. The Labute approximate surface area is 140 Å². The van der Waals surface area contributed by atoms with Crippen LogP contribution < -0.4 is 5.32 Å². The van der Waals surface area contributed by atoms with E-state index in [1.54, 1.807) is 16.8 Å². The summed E-state index contributed by atoms with van der Waals surface area (Å²) in [6.45, 7) is 1.89. The molecule has 0 aliphatic heterocycles. The number of aliphatic hydroxyl groups is 1. The molecule has 1 aromatic heterocycles. The highest BCUT2D eigenvalue weighted by molar-refractivity contribution is 6.32. The highest BCUT2D eigenvalue weighted by Gasteiger charge is 2.22. The molecule has 1 fully saturated rings. The molecular formula is C17H20ClN3O2. The third-order valence-electron chi connectivity index (χ3n) is 4.23. The fraction of sp³-hybridized carbons (Fsp3) is 0.412. The van der Waals surface area contributed by atoms with Crippen molar-refractivity contribution >= 4 is 17.5 Å². The maximum absolute atomic E-state index is 12.4. The molecule has 1 aliphatic carbocycles. The first kappa shape index (κ1) is 16.0. The lowest BCUT2D eigenvalue weighted by Crippen LogP contribution is -2.38. The first-order chi connectivity index (χ1) is 11.0. The Balaban J connectivity index is 1.75. The number of carbonyl (C=O) groups excluding carboxylic acids is 1. The summed E-state index contributed by atoms with van der Waals surface area (Å²) < 4.78 is 1.68. The Hall–Kier alpha value is -1.85. The summed E-state index contributed by atoms with van der Waals surface area (Å²) in [4.78, 5) is 12.4. The van der Waals surface area contributed by atoms with Gasteiger partial charge in [0.15, 0.2) is 5.69 Å². The summed E-state index contributed by atoms with van der Waals surface area (Å²) in [5.74, 6) is -0.180. The average Bonchev–Trinajstić information content (AvgIpc) is 2.92. The highest BCUT2D eigenvalue weighted by atomic mass is 35.5. The van der Waals surface area contributed by atoms with E-state index in [2.05, 4.69) is 10.4 Å². The molecule has 0 saturated heterocycles. The molecule has 23 heavy (non-hydrogen) atoms. The van der Waals surface area contributed by atoms with Crippen LogP contribution in [0.4, 0.5) is 0 Å². The van der Waals surface area contributed by atoms with Crippen molar-refractivity contribution in [1.29, 1.82) is 0 Å². The molecule has 1 heterocycles. The van der Waals surface area contributed by atoms with Crippen LogP contribution in [0.5, 0.6) is 0 Å². The van der Waals surface area contributed by atoms with E-state index in [9.17, 15) is 9.90 Å². The number of rotatable bonds is 3. The summed E-state index contributed by atoms with van der Waals surface area (Å²) in [5, 5.41) is 17.5.